The number of hydrogen-bond acceptors (Lipinski definition) is 4. The largest absolute Gasteiger partial charge is 0.387 e. The highest BCUT2D eigenvalue weighted by molar-refractivity contribution is 7.10. The maximum atomic E-state index is 9.91. The van der Waals surface area contributed by atoms with Crippen LogP contribution in [0.25, 0.3) is 0 Å². The van der Waals surface area contributed by atoms with Crippen LogP contribution >= 0.6 is 11.3 Å². The van der Waals surface area contributed by atoms with Crippen LogP contribution in [0.5, 0.6) is 0 Å². The number of aromatic nitrogens is 1. The Labute approximate surface area is 92.2 Å². The molecule has 0 aliphatic rings. The summed E-state index contributed by atoms with van der Waals surface area (Å²) in [7, 11) is 0. The lowest BCUT2D eigenvalue weighted by Gasteiger charge is -2.09. The zero-order valence-electron chi connectivity index (χ0n) is 8.13. The highest BCUT2D eigenvalue weighted by Gasteiger charge is 2.11. The third-order valence-electron chi connectivity index (χ3n) is 2.21. The molecule has 0 spiro atoms. The fourth-order valence-electron chi connectivity index (χ4n) is 1.41. The monoisotopic (exact) mass is 220 g/mol. The minimum Gasteiger partial charge on any atom is -0.387 e. The van der Waals surface area contributed by atoms with E-state index in [-0.39, 0.29) is 0 Å². The topological polar surface area (TPSA) is 59.1 Å². The van der Waals surface area contributed by atoms with Crippen molar-refractivity contribution in [1.82, 2.24) is 4.98 Å². The zero-order chi connectivity index (χ0) is 10.7. The molecule has 2 aromatic rings. The number of pyridine rings is 1. The van der Waals surface area contributed by atoms with E-state index in [0.717, 1.165) is 10.4 Å². The molecule has 1 atom stereocenters. The van der Waals surface area contributed by atoms with Gasteiger partial charge in [-0.3, -0.25) is 0 Å². The Kier molecular flexibility index (Phi) is 2.99. The number of nitrogen functional groups attached to an aromatic ring is 1. The van der Waals surface area contributed by atoms with Crippen LogP contribution < -0.4 is 5.73 Å². The summed E-state index contributed by atoms with van der Waals surface area (Å²) in [5, 5.41) is 11.9. The average Bonchev–Trinajstić information content (AvgIpc) is 2.74. The van der Waals surface area contributed by atoms with Gasteiger partial charge in [0.1, 0.15) is 5.82 Å². The fraction of sp³-hybridized carbons (Fsp3) is 0.182. The maximum absolute atomic E-state index is 9.91. The van der Waals surface area contributed by atoms with E-state index in [1.165, 1.54) is 0 Å². The van der Waals surface area contributed by atoms with Crippen molar-refractivity contribution < 1.29 is 5.11 Å². The van der Waals surface area contributed by atoms with Crippen molar-refractivity contribution in [2.45, 2.75) is 12.5 Å². The van der Waals surface area contributed by atoms with Gasteiger partial charge in [-0.15, -0.1) is 11.3 Å². The summed E-state index contributed by atoms with van der Waals surface area (Å²) < 4.78 is 0. The quantitative estimate of drug-likeness (QED) is 0.831. The number of anilines is 1. The highest BCUT2D eigenvalue weighted by atomic mass is 32.1. The Bertz CT molecular complexity index is 428. The minimum absolute atomic E-state index is 0.489. The first-order valence-corrected chi connectivity index (χ1v) is 5.56. The molecule has 0 amide bonds. The first-order valence-electron chi connectivity index (χ1n) is 4.68. The molecule has 2 aromatic heterocycles. The van der Waals surface area contributed by atoms with Gasteiger partial charge in [0.25, 0.3) is 0 Å². The molecule has 1 unspecified atom stereocenters. The van der Waals surface area contributed by atoms with Crippen LogP contribution in [0.15, 0.2) is 35.8 Å². The summed E-state index contributed by atoms with van der Waals surface area (Å²) in [5.74, 6) is 0.494. The van der Waals surface area contributed by atoms with Gasteiger partial charge in [0.05, 0.1) is 6.10 Å². The summed E-state index contributed by atoms with van der Waals surface area (Å²) in [5.41, 5.74) is 6.59. The standard InChI is InChI=1S/C11H12N2OS/c12-11-8(3-1-5-13-11)7-9(14)10-4-2-6-15-10/h1-6,9,14H,7H2,(H2,12,13). The SMILES string of the molecule is Nc1ncccc1CC(O)c1cccs1. The molecule has 0 fully saturated rings. The molecule has 15 heavy (non-hydrogen) atoms. The molecule has 3 N–H and O–H groups in total. The second-order valence-corrected chi connectivity index (χ2v) is 4.26. The molecule has 0 saturated heterocycles. The third-order valence-corrected chi connectivity index (χ3v) is 3.18. The van der Waals surface area contributed by atoms with Gasteiger partial charge >= 0.3 is 0 Å². The van der Waals surface area contributed by atoms with Crippen LogP contribution in [0.1, 0.15) is 16.5 Å². The number of rotatable bonds is 3. The summed E-state index contributed by atoms with van der Waals surface area (Å²) in [6, 6.07) is 7.56. The molecule has 0 saturated carbocycles. The van der Waals surface area contributed by atoms with Gasteiger partial charge in [0, 0.05) is 17.5 Å². The Morgan fingerprint density at radius 2 is 2.27 bits per heavy atom. The Balaban J connectivity index is 2.13. The Morgan fingerprint density at radius 3 is 2.93 bits per heavy atom. The molecular weight excluding hydrogens is 208 g/mol. The van der Waals surface area contributed by atoms with Crippen molar-refractivity contribution in [2.75, 3.05) is 5.73 Å². The Hall–Kier alpha value is -1.39. The number of thiophene rings is 1. The van der Waals surface area contributed by atoms with E-state index in [9.17, 15) is 5.11 Å². The number of aliphatic hydroxyl groups excluding tert-OH is 1. The molecule has 0 aromatic carbocycles. The lowest BCUT2D eigenvalue weighted by molar-refractivity contribution is 0.182. The third kappa shape index (κ3) is 2.34. The van der Waals surface area contributed by atoms with E-state index in [4.69, 9.17) is 5.73 Å². The van der Waals surface area contributed by atoms with E-state index in [2.05, 4.69) is 4.98 Å². The van der Waals surface area contributed by atoms with E-state index < -0.39 is 6.10 Å². The molecular formula is C11H12N2OS. The molecule has 78 valence electrons. The number of nitrogens with two attached hydrogens (primary N) is 1. The van der Waals surface area contributed by atoms with Crippen LogP contribution in [0, 0.1) is 0 Å². The number of nitrogens with zero attached hydrogens (tertiary/aromatic N) is 1. The summed E-state index contributed by atoms with van der Waals surface area (Å²) in [6.45, 7) is 0. The molecule has 0 aliphatic heterocycles. The van der Waals surface area contributed by atoms with E-state index in [0.29, 0.717) is 12.2 Å². The van der Waals surface area contributed by atoms with Gasteiger partial charge in [-0.1, -0.05) is 12.1 Å². The van der Waals surface area contributed by atoms with Crippen LogP contribution in [-0.4, -0.2) is 10.1 Å². The summed E-state index contributed by atoms with van der Waals surface area (Å²) in [6.07, 6.45) is 1.67. The van der Waals surface area contributed by atoms with Gasteiger partial charge in [-0.2, -0.15) is 0 Å². The van der Waals surface area contributed by atoms with Gasteiger partial charge in [0.2, 0.25) is 0 Å². The van der Waals surface area contributed by atoms with Crippen LogP contribution in [0.4, 0.5) is 5.82 Å². The second kappa shape index (κ2) is 4.42. The molecule has 2 rings (SSSR count). The zero-order valence-corrected chi connectivity index (χ0v) is 8.95. The molecule has 0 radical (unpaired) electrons. The predicted molar refractivity (Wildman–Crippen MR) is 61.6 cm³/mol. The van der Waals surface area contributed by atoms with Crippen LogP contribution in [0.3, 0.4) is 0 Å². The lowest BCUT2D eigenvalue weighted by Crippen LogP contribution is -2.03. The highest BCUT2D eigenvalue weighted by Crippen LogP contribution is 2.23. The van der Waals surface area contributed by atoms with E-state index in [1.54, 1.807) is 17.5 Å². The molecule has 0 aliphatic carbocycles. The smallest absolute Gasteiger partial charge is 0.126 e. The van der Waals surface area contributed by atoms with Crippen molar-refractivity contribution in [2.24, 2.45) is 0 Å². The van der Waals surface area contributed by atoms with Gasteiger partial charge in [0.15, 0.2) is 0 Å². The van der Waals surface area contributed by atoms with Crippen molar-refractivity contribution >= 4 is 17.2 Å². The van der Waals surface area contributed by atoms with E-state index >= 15 is 0 Å². The average molecular weight is 220 g/mol. The molecule has 0 bridgehead atoms. The van der Waals surface area contributed by atoms with Gasteiger partial charge < -0.3 is 10.8 Å². The number of hydrogen-bond donors (Lipinski definition) is 2. The van der Waals surface area contributed by atoms with Crippen LogP contribution in [0.2, 0.25) is 0 Å². The van der Waals surface area contributed by atoms with Crippen LogP contribution in [-0.2, 0) is 6.42 Å². The summed E-state index contributed by atoms with van der Waals surface area (Å²) in [4.78, 5) is 4.94. The van der Waals surface area contributed by atoms with E-state index in [1.807, 2.05) is 29.6 Å². The van der Waals surface area contributed by atoms with Gasteiger partial charge in [-0.25, -0.2) is 4.98 Å². The minimum atomic E-state index is -0.489. The molecule has 4 heteroatoms. The maximum Gasteiger partial charge on any atom is 0.126 e. The van der Waals surface area contributed by atoms with Crippen molar-refractivity contribution in [3.05, 3.63) is 46.3 Å². The van der Waals surface area contributed by atoms with Gasteiger partial charge in [-0.05, 0) is 23.1 Å². The molecule has 2 heterocycles. The Morgan fingerprint density at radius 1 is 1.40 bits per heavy atom. The lowest BCUT2D eigenvalue weighted by atomic mass is 10.1. The second-order valence-electron chi connectivity index (χ2n) is 3.28. The van der Waals surface area contributed by atoms with Crippen molar-refractivity contribution in [3.63, 3.8) is 0 Å². The first kappa shape index (κ1) is 10.1. The molecule has 3 nitrogen and oxygen atoms in total. The fourth-order valence-corrected chi connectivity index (χ4v) is 2.13. The van der Waals surface area contributed by atoms with Crippen molar-refractivity contribution in [1.29, 1.82) is 0 Å². The normalized spacial score (nSPS) is 12.6. The first-order chi connectivity index (χ1) is 7.27. The number of aliphatic hydroxyl groups is 1. The summed E-state index contributed by atoms with van der Waals surface area (Å²) >= 11 is 1.54. The van der Waals surface area contributed by atoms with Crippen molar-refractivity contribution in [3.8, 4) is 0 Å². The predicted octanol–water partition coefficient (Wildman–Crippen LogP) is 2.00.